The van der Waals surface area contributed by atoms with E-state index in [9.17, 15) is 9.18 Å². The van der Waals surface area contributed by atoms with Gasteiger partial charge in [-0.25, -0.2) is 9.37 Å². The summed E-state index contributed by atoms with van der Waals surface area (Å²) in [5, 5.41) is 4.92. The third kappa shape index (κ3) is 3.77. The number of thiazole rings is 1. The van der Waals surface area contributed by atoms with Crippen molar-refractivity contribution in [1.82, 2.24) is 4.98 Å². The number of benzene rings is 2. The van der Waals surface area contributed by atoms with Crippen molar-refractivity contribution in [3.63, 3.8) is 0 Å². The third-order valence-corrected chi connectivity index (χ3v) is 4.25. The summed E-state index contributed by atoms with van der Waals surface area (Å²) < 4.78 is 23.7. The van der Waals surface area contributed by atoms with E-state index in [2.05, 4.69) is 10.3 Å². The summed E-state index contributed by atoms with van der Waals surface area (Å²) in [7, 11) is 3.13. The van der Waals surface area contributed by atoms with Gasteiger partial charge in [0.05, 0.1) is 19.9 Å². The summed E-state index contributed by atoms with van der Waals surface area (Å²) >= 11 is 1.29. The maximum absolute atomic E-state index is 13.2. The van der Waals surface area contributed by atoms with Gasteiger partial charge >= 0.3 is 0 Å². The number of aromatic nitrogens is 1. The molecule has 0 saturated carbocycles. The zero-order chi connectivity index (χ0) is 17.8. The third-order valence-electron chi connectivity index (χ3n) is 3.49. The van der Waals surface area contributed by atoms with E-state index >= 15 is 0 Å². The molecule has 0 spiro atoms. The maximum Gasteiger partial charge on any atom is 0.257 e. The molecule has 0 bridgehead atoms. The van der Waals surface area contributed by atoms with Gasteiger partial charge in [-0.2, -0.15) is 0 Å². The van der Waals surface area contributed by atoms with Crippen LogP contribution in [-0.4, -0.2) is 25.1 Å². The molecule has 3 aromatic rings. The lowest BCUT2D eigenvalue weighted by Crippen LogP contribution is -2.11. The minimum absolute atomic E-state index is 0.239. The minimum atomic E-state index is -0.460. The molecule has 0 unspecified atom stereocenters. The van der Waals surface area contributed by atoms with E-state index in [1.807, 2.05) is 17.5 Å². The van der Waals surface area contributed by atoms with E-state index in [1.54, 1.807) is 26.4 Å². The molecule has 1 amide bonds. The first-order valence-electron chi connectivity index (χ1n) is 7.35. The number of nitrogens with zero attached hydrogens (tertiary/aromatic N) is 1. The fraction of sp³-hybridized carbons (Fsp3) is 0.111. The standard InChI is InChI=1S/C18H15FN2O3S/c1-23-15-7-6-11(9-16(15)24-2)14-10-25-18(20-14)21-17(22)12-4-3-5-13(19)8-12/h3-10H,1-2H3,(H,20,21,22). The Bertz CT molecular complexity index is 911. The zero-order valence-corrected chi connectivity index (χ0v) is 14.4. The molecule has 2 aromatic carbocycles. The van der Waals surface area contributed by atoms with Crippen LogP contribution in [0.3, 0.4) is 0 Å². The molecular formula is C18H15FN2O3S. The number of hydrogen-bond acceptors (Lipinski definition) is 5. The SMILES string of the molecule is COc1ccc(-c2csc(NC(=O)c3cccc(F)c3)n2)cc1OC. The average Bonchev–Trinajstić information content (AvgIpc) is 3.09. The lowest BCUT2D eigenvalue weighted by Gasteiger charge is -2.08. The summed E-state index contributed by atoms with van der Waals surface area (Å²) in [4.78, 5) is 16.5. The van der Waals surface area contributed by atoms with Crippen LogP contribution in [0, 0.1) is 5.82 Å². The van der Waals surface area contributed by atoms with Crippen LogP contribution in [0.1, 0.15) is 10.4 Å². The van der Waals surface area contributed by atoms with Gasteiger partial charge < -0.3 is 9.47 Å². The van der Waals surface area contributed by atoms with Crippen LogP contribution in [0.5, 0.6) is 11.5 Å². The smallest absolute Gasteiger partial charge is 0.257 e. The number of nitrogens with one attached hydrogen (secondary N) is 1. The maximum atomic E-state index is 13.2. The molecule has 0 aliphatic carbocycles. The van der Waals surface area contributed by atoms with Crippen LogP contribution in [0.2, 0.25) is 0 Å². The van der Waals surface area contributed by atoms with Gasteiger partial charge in [-0.15, -0.1) is 11.3 Å². The van der Waals surface area contributed by atoms with Gasteiger partial charge in [0.25, 0.3) is 5.91 Å². The van der Waals surface area contributed by atoms with Gasteiger partial charge in [-0.3, -0.25) is 10.1 Å². The summed E-state index contributed by atoms with van der Waals surface area (Å²) in [5.74, 6) is 0.352. The first-order chi connectivity index (χ1) is 12.1. The summed E-state index contributed by atoms with van der Waals surface area (Å²) in [6, 6.07) is 11.0. The van der Waals surface area contributed by atoms with Crippen molar-refractivity contribution in [2.24, 2.45) is 0 Å². The van der Waals surface area contributed by atoms with Gasteiger partial charge in [0.1, 0.15) is 5.82 Å². The van der Waals surface area contributed by atoms with Crippen LogP contribution in [0.4, 0.5) is 9.52 Å². The lowest BCUT2D eigenvalue weighted by atomic mass is 10.1. The van der Waals surface area contributed by atoms with Crippen molar-refractivity contribution in [3.8, 4) is 22.8 Å². The second-order valence-corrected chi connectivity index (χ2v) is 5.93. The molecule has 0 saturated heterocycles. The molecule has 0 aliphatic rings. The summed E-state index contributed by atoms with van der Waals surface area (Å²) in [5.41, 5.74) is 1.77. The van der Waals surface area contributed by atoms with Gasteiger partial charge in [-0.1, -0.05) is 6.07 Å². The number of carbonyl (C=O) groups is 1. The van der Waals surface area contributed by atoms with Gasteiger partial charge in [0.2, 0.25) is 0 Å². The van der Waals surface area contributed by atoms with E-state index < -0.39 is 11.7 Å². The second kappa shape index (κ2) is 7.31. The number of ether oxygens (including phenoxy) is 2. The number of carbonyl (C=O) groups excluding carboxylic acids is 1. The molecular weight excluding hydrogens is 343 g/mol. The van der Waals surface area contributed by atoms with Gasteiger partial charge in [0.15, 0.2) is 16.6 Å². The number of halogens is 1. The van der Waals surface area contributed by atoms with Crippen LogP contribution in [-0.2, 0) is 0 Å². The van der Waals surface area contributed by atoms with Crippen molar-refractivity contribution in [3.05, 3.63) is 59.2 Å². The topological polar surface area (TPSA) is 60.5 Å². The van der Waals surface area contributed by atoms with E-state index in [0.29, 0.717) is 22.3 Å². The first-order valence-corrected chi connectivity index (χ1v) is 8.23. The van der Waals surface area contributed by atoms with Gasteiger partial charge in [-0.05, 0) is 36.4 Å². The van der Waals surface area contributed by atoms with Crippen molar-refractivity contribution in [1.29, 1.82) is 0 Å². The van der Waals surface area contributed by atoms with Crippen LogP contribution in [0.15, 0.2) is 47.8 Å². The van der Waals surface area contributed by atoms with E-state index in [-0.39, 0.29) is 5.56 Å². The quantitative estimate of drug-likeness (QED) is 0.742. The molecule has 0 fully saturated rings. The Morgan fingerprint density at radius 2 is 1.92 bits per heavy atom. The molecule has 7 heteroatoms. The second-order valence-electron chi connectivity index (χ2n) is 5.07. The average molecular weight is 358 g/mol. The highest BCUT2D eigenvalue weighted by molar-refractivity contribution is 7.14. The highest BCUT2D eigenvalue weighted by atomic mass is 32.1. The number of hydrogen-bond donors (Lipinski definition) is 1. The largest absolute Gasteiger partial charge is 0.493 e. The lowest BCUT2D eigenvalue weighted by molar-refractivity contribution is 0.102. The van der Waals surface area contributed by atoms with Crippen molar-refractivity contribution < 1.29 is 18.7 Å². The molecule has 1 N–H and O–H groups in total. The minimum Gasteiger partial charge on any atom is -0.493 e. The van der Waals surface area contributed by atoms with E-state index in [0.717, 1.165) is 5.56 Å². The number of amides is 1. The Kier molecular flexibility index (Phi) is 4.95. The molecule has 25 heavy (non-hydrogen) atoms. The number of rotatable bonds is 5. The molecule has 3 rings (SSSR count). The Hall–Kier alpha value is -2.93. The predicted octanol–water partition coefficient (Wildman–Crippen LogP) is 4.22. The molecule has 5 nitrogen and oxygen atoms in total. The Balaban J connectivity index is 1.79. The Labute approximate surface area is 148 Å². The molecule has 128 valence electrons. The Morgan fingerprint density at radius 1 is 1.12 bits per heavy atom. The molecule has 0 atom stereocenters. The monoisotopic (exact) mass is 358 g/mol. The highest BCUT2D eigenvalue weighted by Gasteiger charge is 2.12. The Morgan fingerprint density at radius 3 is 2.64 bits per heavy atom. The van der Waals surface area contributed by atoms with Crippen LogP contribution in [0.25, 0.3) is 11.3 Å². The van der Waals surface area contributed by atoms with Crippen LogP contribution < -0.4 is 14.8 Å². The summed E-state index contributed by atoms with van der Waals surface area (Å²) in [6.07, 6.45) is 0. The normalized spacial score (nSPS) is 10.4. The fourth-order valence-corrected chi connectivity index (χ4v) is 2.97. The first kappa shape index (κ1) is 16.9. The van der Waals surface area contributed by atoms with Gasteiger partial charge in [0, 0.05) is 16.5 Å². The van der Waals surface area contributed by atoms with Crippen molar-refractivity contribution in [2.75, 3.05) is 19.5 Å². The highest BCUT2D eigenvalue weighted by Crippen LogP contribution is 2.33. The molecule has 0 aliphatic heterocycles. The fourth-order valence-electron chi connectivity index (χ4n) is 2.26. The molecule has 1 aromatic heterocycles. The van der Waals surface area contributed by atoms with E-state index in [1.165, 1.54) is 29.5 Å². The summed E-state index contributed by atoms with van der Waals surface area (Å²) in [6.45, 7) is 0. The number of methoxy groups -OCH3 is 2. The molecule has 1 heterocycles. The zero-order valence-electron chi connectivity index (χ0n) is 13.6. The van der Waals surface area contributed by atoms with Crippen LogP contribution >= 0.6 is 11.3 Å². The molecule has 0 radical (unpaired) electrons. The van der Waals surface area contributed by atoms with Crippen molar-refractivity contribution >= 4 is 22.4 Å². The number of anilines is 1. The predicted molar refractivity (Wildman–Crippen MR) is 95.0 cm³/mol. The van der Waals surface area contributed by atoms with E-state index in [4.69, 9.17) is 9.47 Å². The van der Waals surface area contributed by atoms with Crippen molar-refractivity contribution in [2.45, 2.75) is 0 Å².